The van der Waals surface area contributed by atoms with Crippen LogP contribution in [0.3, 0.4) is 0 Å². The molecule has 0 bridgehead atoms. The second-order valence-corrected chi connectivity index (χ2v) is 4.13. The Morgan fingerprint density at radius 2 is 1.62 bits per heavy atom. The number of benzene rings is 1. The fourth-order valence-electron chi connectivity index (χ4n) is 1.55. The van der Waals surface area contributed by atoms with Gasteiger partial charge in [0.25, 0.3) is 0 Å². The minimum Gasteiger partial charge on any atom is -0.179 e. The molecule has 1 rings (SSSR count). The van der Waals surface area contributed by atoms with Gasteiger partial charge in [0.2, 0.25) is 0 Å². The van der Waals surface area contributed by atoms with Gasteiger partial charge in [-0.05, 0) is 61.6 Å². The van der Waals surface area contributed by atoms with Crippen molar-refractivity contribution in [3.05, 3.63) is 34.4 Å². The lowest BCUT2D eigenvalue weighted by molar-refractivity contribution is 0.930. The molecular weight excluding hydrogens is 176 g/mol. The predicted octanol–water partition coefficient (Wildman–Crippen LogP) is 3.47. The maximum absolute atomic E-state index is 4.22. The minimum atomic E-state index is 0.978. The largest absolute Gasteiger partial charge is 0.179 e. The molecule has 0 aliphatic heterocycles. The lowest BCUT2D eigenvalue weighted by Gasteiger charge is -2.08. The van der Waals surface area contributed by atoms with Crippen molar-refractivity contribution in [3.8, 4) is 0 Å². The van der Waals surface area contributed by atoms with E-state index < -0.39 is 0 Å². The average Bonchev–Trinajstić information content (AvgIpc) is 2.10. The first-order valence-electron chi connectivity index (χ1n) is 4.82. The van der Waals surface area contributed by atoms with Crippen LogP contribution in [0.15, 0.2) is 12.1 Å². The highest BCUT2D eigenvalue weighted by molar-refractivity contribution is 7.80. The molecule has 0 nitrogen and oxygen atoms in total. The van der Waals surface area contributed by atoms with Gasteiger partial charge in [0.05, 0.1) is 0 Å². The Morgan fingerprint density at radius 3 is 2.08 bits per heavy atom. The van der Waals surface area contributed by atoms with E-state index in [9.17, 15) is 0 Å². The zero-order valence-corrected chi connectivity index (χ0v) is 9.62. The summed E-state index contributed by atoms with van der Waals surface area (Å²) in [5, 5.41) is 0. The van der Waals surface area contributed by atoms with Gasteiger partial charge in [0.15, 0.2) is 0 Å². The van der Waals surface area contributed by atoms with E-state index in [0.717, 1.165) is 12.2 Å². The Morgan fingerprint density at radius 1 is 1.08 bits per heavy atom. The van der Waals surface area contributed by atoms with Crippen LogP contribution in [0, 0.1) is 20.8 Å². The van der Waals surface area contributed by atoms with Gasteiger partial charge < -0.3 is 0 Å². The molecule has 13 heavy (non-hydrogen) atoms. The maximum Gasteiger partial charge on any atom is -0.00947 e. The third-order valence-corrected chi connectivity index (χ3v) is 2.93. The SMILES string of the molecule is Cc1cc(CCCS)cc(C)c1C. The first kappa shape index (κ1) is 10.6. The van der Waals surface area contributed by atoms with Crippen LogP contribution in [-0.4, -0.2) is 5.75 Å². The lowest BCUT2D eigenvalue weighted by atomic mass is 9.98. The van der Waals surface area contributed by atoms with Crippen LogP contribution >= 0.6 is 12.6 Å². The summed E-state index contributed by atoms with van der Waals surface area (Å²) < 4.78 is 0. The molecule has 0 saturated carbocycles. The van der Waals surface area contributed by atoms with Gasteiger partial charge in [-0.25, -0.2) is 0 Å². The highest BCUT2D eigenvalue weighted by Gasteiger charge is 2.00. The van der Waals surface area contributed by atoms with Crippen LogP contribution in [0.25, 0.3) is 0 Å². The molecule has 1 heteroatoms. The van der Waals surface area contributed by atoms with E-state index in [2.05, 4.69) is 45.5 Å². The van der Waals surface area contributed by atoms with Crippen molar-refractivity contribution < 1.29 is 0 Å². The maximum atomic E-state index is 4.22. The summed E-state index contributed by atoms with van der Waals surface area (Å²) in [4.78, 5) is 0. The van der Waals surface area contributed by atoms with E-state index in [1.54, 1.807) is 0 Å². The molecule has 0 N–H and O–H groups in total. The molecule has 0 spiro atoms. The Balaban J connectivity index is 2.86. The van der Waals surface area contributed by atoms with Gasteiger partial charge in [-0.15, -0.1) is 0 Å². The van der Waals surface area contributed by atoms with Crippen molar-refractivity contribution in [2.24, 2.45) is 0 Å². The van der Waals surface area contributed by atoms with Crippen molar-refractivity contribution in [2.75, 3.05) is 5.75 Å². The van der Waals surface area contributed by atoms with Gasteiger partial charge in [-0.3, -0.25) is 0 Å². The summed E-state index contributed by atoms with van der Waals surface area (Å²) in [6.07, 6.45) is 2.33. The average molecular weight is 194 g/mol. The van der Waals surface area contributed by atoms with Crippen molar-refractivity contribution in [2.45, 2.75) is 33.6 Å². The summed E-state index contributed by atoms with van der Waals surface area (Å²) in [7, 11) is 0. The van der Waals surface area contributed by atoms with E-state index in [4.69, 9.17) is 0 Å². The first-order valence-corrected chi connectivity index (χ1v) is 5.46. The summed E-state index contributed by atoms with van der Waals surface area (Å²) in [5.74, 6) is 0.978. The van der Waals surface area contributed by atoms with Crippen molar-refractivity contribution in [1.29, 1.82) is 0 Å². The highest BCUT2D eigenvalue weighted by Crippen LogP contribution is 2.16. The number of aryl methyl sites for hydroxylation is 3. The Kier molecular flexibility index (Phi) is 3.86. The lowest BCUT2D eigenvalue weighted by Crippen LogP contribution is -1.92. The van der Waals surface area contributed by atoms with Crippen LogP contribution in [0.2, 0.25) is 0 Å². The molecule has 0 unspecified atom stereocenters. The number of hydrogen-bond donors (Lipinski definition) is 1. The van der Waals surface area contributed by atoms with Crippen molar-refractivity contribution >= 4 is 12.6 Å². The quantitative estimate of drug-likeness (QED) is 0.700. The van der Waals surface area contributed by atoms with Gasteiger partial charge in [-0.1, -0.05) is 12.1 Å². The van der Waals surface area contributed by atoms with Crippen LogP contribution < -0.4 is 0 Å². The molecule has 0 saturated heterocycles. The third kappa shape index (κ3) is 2.77. The predicted molar refractivity (Wildman–Crippen MR) is 62.8 cm³/mol. The number of hydrogen-bond acceptors (Lipinski definition) is 1. The Bertz CT molecular complexity index is 266. The number of thiol groups is 1. The molecule has 0 heterocycles. The van der Waals surface area contributed by atoms with Crippen LogP contribution in [0.4, 0.5) is 0 Å². The fourth-order valence-corrected chi connectivity index (χ4v) is 1.71. The van der Waals surface area contributed by atoms with Crippen molar-refractivity contribution in [1.82, 2.24) is 0 Å². The van der Waals surface area contributed by atoms with E-state index in [-0.39, 0.29) is 0 Å². The minimum absolute atomic E-state index is 0.978. The fraction of sp³-hybridized carbons (Fsp3) is 0.500. The smallest absolute Gasteiger partial charge is 0.00947 e. The van der Waals surface area contributed by atoms with E-state index in [0.29, 0.717) is 0 Å². The van der Waals surface area contributed by atoms with Gasteiger partial charge >= 0.3 is 0 Å². The van der Waals surface area contributed by atoms with E-state index >= 15 is 0 Å². The summed E-state index contributed by atoms with van der Waals surface area (Å²) in [6.45, 7) is 6.56. The van der Waals surface area contributed by atoms with Crippen molar-refractivity contribution in [3.63, 3.8) is 0 Å². The van der Waals surface area contributed by atoms with Gasteiger partial charge in [0.1, 0.15) is 0 Å². The normalized spacial score (nSPS) is 10.5. The summed E-state index contributed by atoms with van der Waals surface area (Å²) in [6, 6.07) is 4.59. The molecule has 0 aliphatic carbocycles. The molecule has 0 amide bonds. The summed E-state index contributed by atoms with van der Waals surface area (Å²) in [5.41, 5.74) is 5.70. The molecule has 0 fully saturated rings. The zero-order valence-electron chi connectivity index (χ0n) is 8.72. The molecule has 72 valence electrons. The molecule has 0 atom stereocenters. The molecule has 0 aromatic heterocycles. The zero-order chi connectivity index (χ0) is 9.84. The molecule has 1 aromatic rings. The van der Waals surface area contributed by atoms with Crippen LogP contribution in [-0.2, 0) is 6.42 Å². The monoisotopic (exact) mass is 194 g/mol. The Hall–Kier alpha value is -0.430. The van der Waals surface area contributed by atoms with Gasteiger partial charge in [-0.2, -0.15) is 12.6 Å². The summed E-state index contributed by atoms with van der Waals surface area (Å²) >= 11 is 4.22. The second-order valence-electron chi connectivity index (χ2n) is 3.68. The Labute approximate surface area is 86.8 Å². The first-order chi connectivity index (χ1) is 6.15. The molecule has 1 aromatic carbocycles. The standard InChI is InChI=1S/C12H18S/c1-9-7-12(5-4-6-13)8-10(2)11(9)3/h7-8,13H,4-6H2,1-3H3. The van der Waals surface area contributed by atoms with Crippen LogP contribution in [0.5, 0.6) is 0 Å². The van der Waals surface area contributed by atoms with E-state index in [1.807, 2.05) is 0 Å². The molecule has 0 aliphatic rings. The van der Waals surface area contributed by atoms with Crippen LogP contribution in [0.1, 0.15) is 28.7 Å². The molecular formula is C12H18S. The third-order valence-electron chi connectivity index (χ3n) is 2.61. The molecule has 0 radical (unpaired) electrons. The van der Waals surface area contributed by atoms with Gasteiger partial charge in [0, 0.05) is 0 Å². The second kappa shape index (κ2) is 4.71. The topological polar surface area (TPSA) is 0 Å². The highest BCUT2D eigenvalue weighted by atomic mass is 32.1. The van der Waals surface area contributed by atoms with E-state index in [1.165, 1.54) is 28.7 Å². The number of rotatable bonds is 3.